The Labute approximate surface area is 201 Å². The highest BCUT2D eigenvalue weighted by atomic mass is 35.5. The molecule has 0 saturated carbocycles. The summed E-state index contributed by atoms with van der Waals surface area (Å²) in [4.78, 5) is 12.8. The van der Waals surface area contributed by atoms with E-state index in [1.54, 1.807) is 42.1 Å². The number of aromatic nitrogens is 3. The second kappa shape index (κ2) is 10.7. The first kappa shape index (κ1) is 23.9. The zero-order chi connectivity index (χ0) is 22.5. The second-order valence-electron chi connectivity index (χ2n) is 7.30. The molecule has 1 heterocycles. The van der Waals surface area contributed by atoms with E-state index in [1.807, 2.05) is 37.5 Å². The number of hydrogen-bond acceptors (Lipinski definition) is 4. The molecule has 3 rings (SSSR count). The van der Waals surface area contributed by atoms with Crippen LogP contribution in [0.1, 0.15) is 48.6 Å². The fraction of sp³-hybridized carbons (Fsp3) is 0.318. The minimum absolute atomic E-state index is 0.105. The predicted octanol–water partition coefficient (Wildman–Crippen LogP) is 6.68. The lowest BCUT2D eigenvalue weighted by atomic mass is 10.0. The van der Waals surface area contributed by atoms with Crippen LogP contribution in [0, 0.1) is 5.92 Å². The monoisotopic (exact) mass is 496 g/mol. The maximum absolute atomic E-state index is 12.8. The summed E-state index contributed by atoms with van der Waals surface area (Å²) < 4.78 is 2.03. The molecule has 1 atom stereocenters. The number of thioether (sulfide) groups is 1. The van der Waals surface area contributed by atoms with Crippen LogP contribution in [-0.4, -0.2) is 20.7 Å². The Morgan fingerprint density at radius 2 is 1.81 bits per heavy atom. The summed E-state index contributed by atoms with van der Waals surface area (Å²) in [6.45, 7) is 6.78. The Balaban J connectivity index is 1.81. The van der Waals surface area contributed by atoms with Crippen molar-refractivity contribution in [3.63, 3.8) is 0 Å². The van der Waals surface area contributed by atoms with Crippen LogP contribution in [-0.2, 0) is 12.3 Å². The standard InChI is InChI=1S/C22H23Cl3N4OS/c1-4-29-20(19(13(2)3)26-21(30)15-7-5-6-8-16(15)23)27-28-22(29)31-12-14-9-10-17(24)18(25)11-14/h5-11,13,19H,4,12H2,1-3H3,(H,26,30). The lowest BCUT2D eigenvalue weighted by molar-refractivity contribution is 0.0922. The van der Waals surface area contributed by atoms with E-state index >= 15 is 0 Å². The van der Waals surface area contributed by atoms with Crippen LogP contribution in [0.15, 0.2) is 47.6 Å². The summed E-state index contributed by atoms with van der Waals surface area (Å²) in [6, 6.07) is 12.3. The average molecular weight is 498 g/mol. The van der Waals surface area contributed by atoms with E-state index in [0.717, 1.165) is 16.5 Å². The minimum atomic E-state index is -0.310. The van der Waals surface area contributed by atoms with Gasteiger partial charge >= 0.3 is 0 Å². The average Bonchev–Trinajstić information content (AvgIpc) is 3.15. The maximum atomic E-state index is 12.8. The topological polar surface area (TPSA) is 59.8 Å². The van der Waals surface area contributed by atoms with Crippen molar-refractivity contribution in [1.82, 2.24) is 20.1 Å². The van der Waals surface area contributed by atoms with Gasteiger partial charge in [-0.3, -0.25) is 4.79 Å². The first-order valence-electron chi connectivity index (χ1n) is 9.87. The van der Waals surface area contributed by atoms with Crippen molar-refractivity contribution in [3.05, 3.63) is 74.5 Å². The molecular weight excluding hydrogens is 475 g/mol. The number of hydrogen-bond donors (Lipinski definition) is 1. The number of carbonyl (C=O) groups excluding carboxylic acids is 1. The number of nitrogens with zero attached hydrogens (tertiary/aromatic N) is 3. The highest BCUT2D eigenvalue weighted by Crippen LogP contribution is 2.30. The lowest BCUT2D eigenvalue weighted by Crippen LogP contribution is -2.34. The molecule has 1 amide bonds. The molecule has 0 spiro atoms. The highest BCUT2D eigenvalue weighted by Gasteiger charge is 2.26. The Morgan fingerprint density at radius 3 is 2.45 bits per heavy atom. The minimum Gasteiger partial charge on any atom is -0.342 e. The molecule has 0 aliphatic rings. The lowest BCUT2D eigenvalue weighted by Gasteiger charge is -2.22. The number of benzene rings is 2. The molecule has 3 aromatic rings. The van der Waals surface area contributed by atoms with E-state index < -0.39 is 0 Å². The molecule has 0 radical (unpaired) electrons. The number of nitrogens with one attached hydrogen (secondary N) is 1. The maximum Gasteiger partial charge on any atom is 0.253 e. The molecule has 1 unspecified atom stereocenters. The van der Waals surface area contributed by atoms with Gasteiger partial charge in [-0.05, 0) is 42.7 Å². The number of carbonyl (C=O) groups is 1. The molecule has 9 heteroatoms. The third kappa shape index (κ3) is 5.75. The van der Waals surface area contributed by atoms with Crippen LogP contribution in [0.3, 0.4) is 0 Å². The molecule has 31 heavy (non-hydrogen) atoms. The van der Waals surface area contributed by atoms with Gasteiger partial charge in [0.1, 0.15) is 0 Å². The summed E-state index contributed by atoms with van der Waals surface area (Å²) in [5, 5.41) is 14.1. The number of rotatable bonds is 8. The molecule has 0 bridgehead atoms. The number of halogens is 3. The van der Waals surface area contributed by atoms with Crippen LogP contribution in [0.4, 0.5) is 0 Å². The van der Waals surface area contributed by atoms with Gasteiger partial charge in [-0.25, -0.2) is 0 Å². The third-order valence-electron chi connectivity index (χ3n) is 4.76. The highest BCUT2D eigenvalue weighted by molar-refractivity contribution is 7.98. The van der Waals surface area contributed by atoms with Gasteiger partial charge in [0.25, 0.3) is 5.91 Å². The summed E-state index contributed by atoms with van der Waals surface area (Å²) in [7, 11) is 0. The van der Waals surface area contributed by atoms with Crippen LogP contribution >= 0.6 is 46.6 Å². The molecule has 164 valence electrons. The van der Waals surface area contributed by atoms with Crippen molar-refractivity contribution < 1.29 is 4.79 Å². The van der Waals surface area contributed by atoms with Gasteiger partial charge in [0, 0.05) is 12.3 Å². The van der Waals surface area contributed by atoms with Gasteiger partial charge in [-0.1, -0.05) is 78.6 Å². The fourth-order valence-electron chi connectivity index (χ4n) is 3.11. The third-order valence-corrected chi connectivity index (χ3v) is 6.87. The molecule has 1 aromatic heterocycles. The SMILES string of the molecule is CCn1c(SCc2ccc(Cl)c(Cl)c2)nnc1C(NC(=O)c1ccccc1Cl)C(C)C. The summed E-state index contributed by atoms with van der Waals surface area (Å²) in [5.41, 5.74) is 1.48. The van der Waals surface area contributed by atoms with Gasteiger partial charge in [-0.2, -0.15) is 0 Å². The van der Waals surface area contributed by atoms with Crippen molar-refractivity contribution in [2.45, 2.75) is 44.3 Å². The van der Waals surface area contributed by atoms with E-state index in [9.17, 15) is 4.79 Å². The van der Waals surface area contributed by atoms with E-state index in [4.69, 9.17) is 34.8 Å². The van der Waals surface area contributed by atoms with Gasteiger partial charge in [0.05, 0.1) is 26.7 Å². The molecule has 0 saturated heterocycles. The second-order valence-corrected chi connectivity index (χ2v) is 9.46. The van der Waals surface area contributed by atoms with E-state index in [2.05, 4.69) is 15.5 Å². The Hall–Kier alpha value is -1.73. The van der Waals surface area contributed by atoms with E-state index in [-0.39, 0.29) is 17.9 Å². The fourth-order valence-corrected chi connectivity index (χ4v) is 4.60. The van der Waals surface area contributed by atoms with Gasteiger partial charge in [0.2, 0.25) is 0 Å². The molecule has 0 aliphatic carbocycles. The van der Waals surface area contributed by atoms with Crippen LogP contribution in [0.5, 0.6) is 0 Å². The van der Waals surface area contributed by atoms with Crippen molar-refractivity contribution in [1.29, 1.82) is 0 Å². The van der Waals surface area contributed by atoms with Gasteiger partial charge in [0.15, 0.2) is 11.0 Å². The van der Waals surface area contributed by atoms with Gasteiger partial charge < -0.3 is 9.88 Å². The summed E-state index contributed by atoms with van der Waals surface area (Å²) in [5.74, 6) is 1.26. The van der Waals surface area contributed by atoms with E-state index in [0.29, 0.717) is 32.9 Å². The zero-order valence-corrected chi connectivity index (χ0v) is 20.5. The van der Waals surface area contributed by atoms with Crippen molar-refractivity contribution >= 4 is 52.5 Å². The first-order valence-corrected chi connectivity index (χ1v) is 12.0. The van der Waals surface area contributed by atoms with E-state index in [1.165, 1.54) is 0 Å². The first-order chi connectivity index (χ1) is 14.8. The zero-order valence-electron chi connectivity index (χ0n) is 17.4. The quantitative estimate of drug-likeness (QED) is 0.353. The summed E-state index contributed by atoms with van der Waals surface area (Å²) in [6.07, 6.45) is 0. The van der Waals surface area contributed by atoms with Crippen LogP contribution in [0.2, 0.25) is 15.1 Å². The largest absolute Gasteiger partial charge is 0.342 e. The smallest absolute Gasteiger partial charge is 0.253 e. The normalized spacial score (nSPS) is 12.2. The Morgan fingerprint density at radius 1 is 1.06 bits per heavy atom. The Bertz CT molecular complexity index is 1070. The molecule has 2 aromatic carbocycles. The molecule has 1 N–H and O–H groups in total. The van der Waals surface area contributed by atoms with Crippen molar-refractivity contribution in [2.75, 3.05) is 0 Å². The van der Waals surface area contributed by atoms with Crippen molar-refractivity contribution in [3.8, 4) is 0 Å². The predicted molar refractivity (Wildman–Crippen MR) is 128 cm³/mol. The molecular formula is C22H23Cl3N4OS. The molecule has 5 nitrogen and oxygen atoms in total. The Kier molecular flexibility index (Phi) is 8.28. The summed E-state index contributed by atoms with van der Waals surface area (Å²) >= 11 is 19.9. The van der Waals surface area contributed by atoms with Crippen LogP contribution in [0.25, 0.3) is 0 Å². The molecule has 0 aliphatic heterocycles. The van der Waals surface area contributed by atoms with Crippen LogP contribution < -0.4 is 5.32 Å². The van der Waals surface area contributed by atoms with Crippen molar-refractivity contribution in [2.24, 2.45) is 5.92 Å². The number of amides is 1. The molecule has 0 fully saturated rings. The van der Waals surface area contributed by atoms with Gasteiger partial charge in [-0.15, -0.1) is 10.2 Å².